The molecule has 1 aliphatic heterocycles. The summed E-state index contributed by atoms with van der Waals surface area (Å²) in [7, 11) is 1.46. The van der Waals surface area contributed by atoms with Crippen LogP contribution in [0.25, 0.3) is 11.1 Å². The summed E-state index contributed by atoms with van der Waals surface area (Å²) < 4.78 is 5.44. The van der Waals surface area contributed by atoms with E-state index in [9.17, 15) is 9.59 Å². The van der Waals surface area contributed by atoms with Crippen molar-refractivity contribution in [3.05, 3.63) is 18.2 Å². The fraction of sp³-hybridized carbons (Fsp3) is 0.250. The van der Waals surface area contributed by atoms with Gasteiger partial charge in [0.05, 0.1) is 6.42 Å². The van der Waals surface area contributed by atoms with E-state index >= 15 is 0 Å². The molecular weight excluding hydrogens is 248 g/mol. The highest BCUT2D eigenvalue weighted by Gasteiger charge is 2.36. The highest BCUT2D eigenvalue weighted by atomic mass is 16.4. The molecule has 0 saturated carbocycles. The molecular formula is C12H12N4O3. The number of carbonyl (C=O) groups excluding carboxylic acids is 2. The van der Waals surface area contributed by atoms with Crippen LogP contribution >= 0.6 is 0 Å². The lowest BCUT2D eigenvalue weighted by Crippen LogP contribution is -2.31. The maximum atomic E-state index is 11.7. The van der Waals surface area contributed by atoms with Crippen LogP contribution in [0, 0.1) is 0 Å². The minimum absolute atomic E-state index is 0.107. The molecule has 2 amide bonds. The number of likely N-dealkylation sites (N-methyl/N-ethyl adjacent to an activating group) is 1. The normalized spacial score (nSPS) is 19.4. The number of oxazole rings is 1. The number of nitrogens with two attached hydrogens (primary N) is 1. The zero-order valence-corrected chi connectivity index (χ0v) is 10.2. The van der Waals surface area contributed by atoms with Crippen LogP contribution in [0.3, 0.4) is 0 Å². The van der Waals surface area contributed by atoms with E-state index in [2.05, 4.69) is 10.3 Å². The summed E-state index contributed by atoms with van der Waals surface area (Å²) in [6, 6.07) is 4.67. The van der Waals surface area contributed by atoms with Crippen LogP contribution in [-0.2, 0) is 9.59 Å². The van der Waals surface area contributed by atoms with Crippen LogP contribution in [0.5, 0.6) is 0 Å². The lowest BCUT2D eigenvalue weighted by atomic mass is 10.2. The number of rotatable bonds is 2. The van der Waals surface area contributed by atoms with Crippen LogP contribution in [0.15, 0.2) is 22.6 Å². The van der Waals surface area contributed by atoms with Crippen LogP contribution in [-0.4, -0.2) is 34.8 Å². The Morgan fingerprint density at radius 2 is 2.26 bits per heavy atom. The minimum atomic E-state index is -0.622. The Hall–Kier alpha value is -2.57. The summed E-state index contributed by atoms with van der Waals surface area (Å²) in [6.07, 6.45) is 0.107. The largest absolute Gasteiger partial charge is 0.424 e. The van der Waals surface area contributed by atoms with Crippen molar-refractivity contribution in [1.82, 2.24) is 9.88 Å². The second kappa shape index (κ2) is 3.98. The van der Waals surface area contributed by atoms with Gasteiger partial charge in [-0.2, -0.15) is 4.98 Å². The molecule has 1 aromatic carbocycles. The molecule has 7 nitrogen and oxygen atoms in total. The van der Waals surface area contributed by atoms with Gasteiger partial charge in [0.2, 0.25) is 5.91 Å². The Bertz CT molecular complexity index is 679. The summed E-state index contributed by atoms with van der Waals surface area (Å²) in [5.41, 5.74) is 7.41. The third-order valence-corrected chi connectivity index (χ3v) is 3.09. The van der Waals surface area contributed by atoms with Crippen molar-refractivity contribution < 1.29 is 14.0 Å². The molecule has 2 heterocycles. The Morgan fingerprint density at radius 1 is 1.47 bits per heavy atom. The van der Waals surface area contributed by atoms with Gasteiger partial charge in [-0.15, -0.1) is 0 Å². The number of nitrogens with one attached hydrogen (secondary N) is 1. The van der Waals surface area contributed by atoms with Crippen LogP contribution in [0.1, 0.15) is 6.42 Å². The summed E-state index contributed by atoms with van der Waals surface area (Å²) in [5.74, 6) is -0.505. The van der Waals surface area contributed by atoms with Gasteiger partial charge in [-0.25, -0.2) is 0 Å². The van der Waals surface area contributed by atoms with E-state index in [1.54, 1.807) is 18.2 Å². The number of carbonyl (C=O) groups is 2. The standard InChI is InChI=1S/C12H12N4O3/c1-16-10(17)5-8(11(16)18)15-12-14-7-4-6(13)2-3-9(7)19-12/h2-4,8H,5,13H2,1H3,(H,14,15). The van der Waals surface area contributed by atoms with Gasteiger partial charge in [-0.05, 0) is 18.2 Å². The van der Waals surface area contributed by atoms with E-state index in [4.69, 9.17) is 10.2 Å². The number of hydrogen-bond acceptors (Lipinski definition) is 6. The number of nitrogen functional groups attached to an aromatic ring is 1. The van der Waals surface area contributed by atoms with Gasteiger partial charge >= 0.3 is 0 Å². The van der Waals surface area contributed by atoms with Gasteiger partial charge in [0.1, 0.15) is 11.6 Å². The van der Waals surface area contributed by atoms with E-state index < -0.39 is 6.04 Å². The maximum Gasteiger partial charge on any atom is 0.296 e. The molecule has 0 spiro atoms. The first-order chi connectivity index (χ1) is 9.04. The van der Waals surface area contributed by atoms with Crippen LogP contribution in [0.2, 0.25) is 0 Å². The van der Waals surface area contributed by atoms with Gasteiger partial charge in [-0.3, -0.25) is 14.5 Å². The van der Waals surface area contributed by atoms with Crippen LogP contribution in [0.4, 0.5) is 11.7 Å². The molecule has 1 aromatic heterocycles. The van der Waals surface area contributed by atoms with Crippen molar-refractivity contribution in [3.8, 4) is 0 Å². The fourth-order valence-electron chi connectivity index (χ4n) is 2.02. The molecule has 0 aliphatic carbocycles. The summed E-state index contributed by atoms with van der Waals surface area (Å²) >= 11 is 0. The van der Waals surface area contributed by atoms with Gasteiger partial charge in [0, 0.05) is 12.7 Å². The number of benzene rings is 1. The smallest absolute Gasteiger partial charge is 0.296 e. The Morgan fingerprint density at radius 3 is 2.95 bits per heavy atom. The highest BCUT2D eigenvalue weighted by molar-refractivity contribution is 6.06. The van der Waals surface area contributed by atoms with Crippen molar-refractivity contribution in [3.63, 3.8) is 0 Å². The number of anilines is 2. The van der Waals surface area contributed by atoms with E-state index in [0.717, 1.165) is 4.90 Å². The van der Waals surface area contributed by atoms with Gasteiger partial charge < -0.3 is 15.5 Å². The van der Waals surface area contributed by atoms with Gasteiger partial charge in [0.25, 0.3) is 11.9 Å². The number of fused-ring (bicyclic) bond motifs is 1. The number of hydrogen-bond donors (Lipinski definition) is 2. The van der Waals surface area contributed by atoms with Gasteiger partial charge in [-0.1, -0.05) is 0 Å². The quantitative estimate of drug-likeness (QED) is 0.605. The predicted molar refractivity (Wildman–Crippen MR) is 68.2 cm³/mol. The first-order valence-electron chi connectivity index (χ1n) is 5.77. The Labute approximate surface area is 108 Å². The van der Waals surface area contributed by atoms with Crippen molar-refractivity contribution in [2.45, 2.75) is 12.5 Å². The molecule has 3 N–H and O–H groups in total. The zero-order valence-electron chi connectivity index (χ0n) is 10.2. The molecule has 1 saturated heterocycles. The third kappa shape index (κ3) is 1.88. The molecule has 1 unspecified atom stereocenters. The van der Waals surface area contributed by atoms with Crippen molar-refractivity contribution in [2.24, 2.45) is 0 Å². The van der Waals surface area contributed by atoms with Crippen molar-refractivity contribution in [1.29, 1.82) is 0 Å². The molecule has 2 aromatic rings. The van der Waals surface area contributed by atoms with Crippen molar-refractivity contribution in [2.75, 3.05) is 18.1 Å². The Kier molecular flexibility index (Phi) is 2.41. The van der Waals surface area contributed by atoms with Crippen molar-refractivity contribution >= 4 is 34.6 Å². The summed E-state index contributed by atoms with van der Waals surface area (Å²) in [4.78, 5) is 28.4. The molecule has 0 radical (unpaired) electrons. The SMILES string of the molecule is CN1C(=O)CC(Nc2nc3cc(N)ccc3o2)C1=O. The molecule has 19 heavy (non-hydrogen) atoms. The highest BCUT2D eigenvalue weighted by Crippen LogP contribution is 2.23. The fourth-order valence-corrected chi connectivity index (χ4v) is 2.02. The zero-order chi connectivity index (χ0) is 13.6. The monoisotopic (exact) mass is 260 g/mol. The van der Waals surface area contributed by atoms with Crippen LogP contribution < -0.4 is 11.1 Å². The molecule has 98 valence electrons. The molecule has 1 atom stereocenters. The lowest BCUT2D eigenvalue weighted by Gasteiger charge is -2.08. The number of aromatic nitrogens is 1. The number of nitrogens with zero attached hydrogens (tertiary/aromatic N) is 2. The lowest BCUT2D eigenvalue weighted by molar-refractivity contribution is -0.136. The summed E-state index contributed by atoms with van der Waals surface area (Å²) in [6.45, 7) is 0. The van der Waals surface area contributed by atoms with E-state index in [0.29, 0.717) is 16.8 Å². The van der Waals surface area contributed by atoms with E-state index in [1.807, 2.05) is 0 Å². The average molecular weight is 260 g/mol. The number of likely N-dealkylation sites (tertiary alicyclic amines) is 1. The number of imide groups is 1. The molecule has 7 heteroatoms. The molecule has 0 bridgehead atoms. The predicted octanol–water partition coefficient (Wildman–Crippen LogP) is 0.579. The van der Waals surface area contributed by atoms with Gasteiger partial charge in [0.15, 0.2) is 5.58 Å². The Balaban J connectivity index is 1.86. The first kappa shape index (κ1) is 11.5. The molecule has 1 aliphatic rings. The average Bonchev–Trinajstić information content (AvgIpc) is 2.86. The third-order valence-electron chi connectivity index (χ3n) is 3.09. The summed E-state index contributed by atoms with van der Waals surface area (Å²) in [5, 5.41) is 2.83. The van der Waals surface area contributed by atoms with E-state index in [-0.39, 0.29) is 24.2 Å². The second-order valence-corrected chi connectivity index (χ2v) is 4.44. The maximum absolute atomic E-state index is 11.7. The second-order valence-electron chi connectivity index (χ2n) is 4.44. The topological polar surface area (TPSA) is 101 Å². The minimum Gasteiger partial charge on any atom is -0.424 e. The van der Waals surface area contributed by atoms with E-state index in [1.165, 1.54) is 7.05 Å². The molecule has 1 fully saturated rings. The first-order valence-corrected chi connectivity index (χ1v) is 5.77. The molecule has 3 rings (SSSR count). The number of amides is 2.